The van der Waals surface area contributed by atoms with Gasteiger partial charge >= 0.3 is 0 Å². The molecule has 2 aromatic rings. The summed E-state index contributed by atoms with van der Waals surface area (Å²) in [7, 11) is 0. The normalized spacial score (nSPS) is 21.6. The van der Waals surface area contributed by atoms with Crippen molar-refractivity contribution in [2.45, 2.75) is 44.6 Å². The fourth-order valence-electron chi connectivity index (χ4n) is 3.73. The average molecular weight is 299 g/mol. The van der Waals surface area contributed by atoms with E-state index in [1.807, 2.05) is 11.1 Å². The van der Waals surface area contributed by atoms with Crippen molar-refractivity contribution in [3.63, 3.8) is 0 Å². The summed E-state index contributed by atoms with van der Waals surface area (Å²) in [6.07, 6.45) is 10.9. The summed E-state index contributed by atoms with van der Waals surface area (Å²) < 4.78 is 7.42. The van der Waals surface area contributed by atoms with Gasteiger partial charge in [-0.25, -0.2) is 4.98 Å². The molecule has 4 heterocycles. The lowest BCUT2D eigenvalue weighted by atomic mass is 9.96. The van der Waals surface area contributed by atoms with Crippen LogP contribution in [0.1, 0.15) is 53.5 Å². The van der Waals surface area contributed by atoms with Gasteiger partial charge in [0.1, 0.15) is 12.1 Å². The van der Waals surface area contributed by atoms with E-state index >= 15 is 0 Å². The zero-order valence-corrected chi connectivity index (χ0v) is 12.7. The molecule has 116 valence electrons. The number of imidazole rings is 1. The van der Waals surface area contributed by atoms with Crippen molar-refractivity contribution >= 4 is 5.91 Å². The first-order valence-corrected chi connectivity index (χ1v) is 8.18. The lowest BCUT2D eigenvalue weighted by Gasteiger charge is -2.33. The maximum atomic E-state index is 12.5. The average Bonchev–Trinajstić information content (AvgIpc) is 3.24. The van der Waals surface area contributed by atoms with Crippen molar-refractivity contribution in [3.8, 4) is 0 Å². The maximum absolute atomic E-state index is 12.5. The minimum absolute atomic E-state index is 0.0730. The smallest absolute Gasteiger partial charge is 0.257 e. The van der Waals surface area contributed by atoms with Crippen LogP contribution in [0.2, 0.25) is 0 Å². The Morgan fingerprint density at radius 2 is 2.23 bits per heavy atom. The predicted molar refractivity (Wildman–Crippen MR) is 81.8 cm³/mol. The lowest BCUT2D eigenvalue weighted by Crippen LogP contribution is -2.39. The van der Waals surface area contributed by atoms with Gasteiger partial charge in [0, 0.05) is 37.4 Å². The first-order valence-electron chi connectivity index (χ1n) is 8.18. The molecule has 2 aliphatic rings. The summed E-state index contributed by atoms with van der Waals surface area (Å²) in [6.45, 7) is 2.67. The van der Waals surface area contributed by atoms with Gasteiger partial charge in [-0.3, -0.25) is 4.79 Å². The van der Waals surface area contributed by atoms with Crippen molar-refractivity contribution in [2.24, 2.45) is 0 Å². The number of carbonyl (C=O) groups excluding carboxylic acids is 1. The predicted octanol–water partition coefficient (Wildman–Crippen LogP) is 2.83. The monoisotopic (exact) mass is 299 g/mol. The Morgan fingerprint density at radius 1 is 1.27 bits per heavy atom. The second-order valence-electron chi connectivity index (χ2n) is 6.32. The van der Waals surface area contributed by atoms with Crippen molar-refractivity contribution in [1.82, 2.24) is 14.5 Å². The minimum atomic E-state index is 0.0730. The Labute approximate surface area is 129 Å². The van der Waals surface area contributed by atoms with Crippen LogP contribution in [0, 0.1) is 0 Å². The molecule has 0 radical (unpaired) electrons. The number of rotatable bonds is 2. The van der Waals surface area contributed by atoms with Gasteiger partial charge in [-0.05, 0) is 38.2 Å². The fraction of sp³-hybridized carbons (Fsp3) is 0.529. The molecule has 0 aliphatic carbocycles. The van der Waals surface area contributed by atoms with E-state index in [0.717, 1.165) is 38.9 Å². The molecule has 5 heteroatoms. The van der Waals surface area contributed by atoms with Crippen LogP contribution in [0.3, 0.4) is 0 Å². The molecular formula is C17H21N3O2. The van der Waals surface area contributed by atoms with Crippen LogP contribution in [0.5, 0.6) is 0 Å². The molecule has 0 unspecified atom stereocenters. The molecular weight excluding hydrogens is 278 g/mol. The Morgan fingerprint density at radius 3 is 3.09 bits per heavy atom. The van der Waals surface area contributed by atoms with Crippen molar-refractivity contribution in [2.75, 3.05) is 13.1 Å². The highest BCUT2D eigenvalue weighted by Crippen LogP contribution is 2.29. The first kappa shape index (κ1) is 13.6. The summed E-state index contributed by atoms with van der Waals surface area (Å²) in [6, 6.07) is 1.74. The number of likely N-dealkylation sites (tertiary alicyclic amines) is 1. The second kappa shape index (κ2) is 5.63. The first-order chi connectivity index (χ1) is 10.8. The molecule has 0 bridgehead atoms. The van der Waals surface area contributed by atoms with E-state index in [0.29, 0.717) is 11.5 Å². The number of furan rings is 1. The number of amides is 1. The molecule has 0 N–H and O–H groups in total. The van der Waals surface area contributed by atoms with Crippen LogP contribution in [0.4, 0.5) is 0 Å². The molecule has 2 aliphatic heterocycles. The second-order valence-corrected chi connectivity index (χ2v) is 6.32. The minimum Gasteiger partial charge on any atom is -0.472 e. The van der Waals surface area contributed by atoms with Gasteiger partial charge in [0.05, 0.1) is 11.8 Å². The van der Waals surface area contributed by atoms with E-state index in [1.165, 1.54) is 30.6 Å². The van der Waals surface area contributed by atoms with Crippen molar-refractivity contribution in [1.29, 1.82) is 0 Å². The Bertz CT molecular complexity index is 660. The van der Waals surface area contributed by atoms with Crippen LogP contribution in [0.15, 0.2) is 29.2 Å². The van der Waals surface area contributed by atoms with Gasteiger partial charge < -0.3 is 13.9 Å². The van der Waals surface area contributed by atoms with Crippen LogP contribution in [-0.4, -0.2) is 33.4 Å². The molecule has 1 saturated heterocycles. The summed E-state index contributed by atoms with van der Waals surface area (Å²) in [5.74, 6) is 1.61. The standard InChI is InChI=1S/C17H21N3O2/c21-17(14-6-9-22-12-14)19-7-3-4-13(11-19)16-18-10-15-5-1-2-8-20(15)16/h6,9-10,12-13H,1-5,7-8,11H2/t13-/m0/s1. The Balaban J connectivity index is 1.54. The molecule has 22 heavy (non-hydrogen) atoms. The third-order valence-electron chi connectivity index (χ3n) is 4.88. The van der Waals surface area contributed by atoms with E-state index in [4.69, 9.17) is 4.42 Å². The third kappa shape index (κ3) is 2.34. The molecule has 0 saturated carbocycles. The molecule has 4 rings (SSSR count). The fourth-order valence-corrected chi connectivity index (χ4v) is 3.73. The van der Waals surface area contributed by atoms with E-state index in [9.17, 15) is 4.79 Å². The molecule has 1 amide bonds. The van der Waals surface area contributed by atoms with Gasteiger partial charge in [-0.15, -0.1) is 0 Å². The SMILES string of the molecule is O=C(c1ccoc1)N1CCC[C@H](c2ncc3n2CCCC3)C1. The zero-order valence-electron chi connectivity index (χ0n) is 12.7. The molecule has 1 atom stereocenters. The molecule has 0 spiro atoms. The van der Waals surface area contributed by atoms with Crippen LogP contribution in [0.25, 0.3) is 0 Å². The maximum Gasteiger partial charge on any atom is 0.257 e. The van der Waals surface area contributed by atoms with Crippen LogP contribution in [-0.2, 0) is 13.0 Å². The highest BCUT2D eigenvalue weighted by atomic mass is 16.3. The Kier molecular flexibility index (Phi) is 3.48. The number of fused-ring (bicyclic) bond motifs is 1. The van der Waals surface area contributed by atoms with E-state index in [2.05, 4.69) is 9.55 Å². The number of nitrogens with zero attached hydrogens (tertiary/aromatic N) is 3. The largest absolute Gasteiger partial charge is 0.472 e. The summed E-state index contributed by atoms with van der Waals surface area (Å²) in [4.78, 5) is 19.1. The van der Waals surface area contributed by atoms with Gasteiger partial charge in [0.25, 0.3) is 5.91 Å². The molecule has 0 aromatic carbocycles. The number of carbonyl (C=O) groups is 1. The van der Waals surface area contributed by atoms with E-state index in [-0.39, 0.29) is 5.91 Å². The van der Waals surface area contributed by atoms with Crippen LogP contribution < -0.4 is 0 Å². The van der Waals surface area contributed by atoms with Gasteiger partial charge in [-0.2, -0.15) is 0 Å². The zero-order chi connectivity index (χ0) is 14.9. The van der Waals surface area contributed by atoms with Gasteiger partial charge in [0.2, 0.25) is 0 Å². The van der Waals surface area contributed by atoms with Crippen molar-refractivity contribution < 1.29 is 9.21 Å². The number of hydrogen-bond donors (Lipinski definition) is 0. The highest BCUT2D eigenvalue weighted by molar-refractivity contribution is 5.93. The number of aromatic nitrogens is 2. The lowest BCUT2D eigenvalue weighted by molar-refractivity contribution is 0.0702. The summed E-state index contributed by atoms with van der Waals surface area (Å²) in [5, 5.41) is 0. The number of hydrogen-bond acceptors (Lipinski definition) is 3. The van der Waals surface area contributed by atoms with E-state index in [1.54, 1.807) is 12.3 Å². The molecule has 2 aromatic heterocycles. The van der Waals surface area contributed by atoms with Gasteiger partial charge in [0.15, 0.2) is 0 Å². The summed E-state index contributed by atoms with van der Waals surface area (Å²) >= 11 is 0. The van der Waals surface area contributed by atoms with Gasteiger partial charge in [-0.1, -0.05) is 0 Å². The summed E-state index contributed by atoms with van der Waals surface area (Å²) in [5.41, 5.74) is 2.00. The Hall–Kier alpha value is -2.04. The van der Waals surface area contributed by atoms with Crippen LogP contribution >= 0.6 is 0 Å². The molecule has 1 fully saturated rings. The van der Waals surface area contributed by atoms with Crippen molar-refractivity contribution in [3.05, 3.63) is 41.9 Å². The third-order valence-corrected chi connectivity index (χ3v) is 4.88. The topological polar surface area (TPSA) is 51.3 Å². The quantitative estimate of drug-likeness (QED) is 0.857. The highest BCUT2D eigenvalue weighted by Gasteiger charge is 2.29. The van der Waals surface area contributed by atoms with E-state index < -0.39 is 0 Å². The number of aryl methyl sites for hydroxylation is 1. The molecule has 5 nitrogen and oxygen atoms in total. The number of piperidine rings is 1.